The van der Waals surface area contributed by atoms with Gasteiger partial charge in [0, 0.05) is 31.2 Å². The lowest BCUT2D eigenvalue weighted by molar-refractivity contribution is 0.103. The molecule has 0 heterocycles. The molecule has 0 atom stereocenters. The Bertz CT molecular complexity index is 1280. The number of hydrogen-bond donors (Lipinski definition) is 0. The standard InChI is InChI=1S/C27H18Br2N2O/c28-22-13-11-20(12-14-22)26(31-30-18-19-7-3-1-4-8-19)25-17-23(29)15-16-24(25)27(32)21-9-5-2-6-10-21/h1-18H/b30-18+,31-26+. The van der Waals surface area contributed by atoms with E-state index in [1.165, 1.54) is 0 Å². The van der Waals surface area contributed by atoms with Gasteiger partial charge in [-0.25, -0.2) is 0 Å². The van der Waals surface area contributed by atoms with Crippen molar-refractivity contribution in [1.29, 1.82) is 0 Å². The summed E-state index contributed by atoms with van der Waals surface area (Å²) in [5, 5.41) is 8.91. The molecule has 156 valence electrons. The molecule has 0 fully saturated rings. The molecule has 4 rings (SSSR count). The molecular formula is C27H18Br2N2O. The van der Waals surface area contributed by atoms with Crippen LogP contribution in [0.2, 0.25) is 0 Å². The van der Waals surface area contributed by atoms with Gasteiger partial charge in [-0.05, 0) is 35.9 Å². The zero-order chi connectivity index (χ0) is 22.3. The summed E-state index contributed by atoms with van der Waals surface area (Å²) in [5.74, 6) is -0.0649. The molecule has 4 aromatic carbocycles. The Morgan fingerprint density at radius 2 is 1.28 bits per heavy atom. The van der Waals surface area contributed by atoms with Gasteiger partial charge in [-0.2, -0.15) is 5.10 Å². The summed E-state index contributed by atoms with van der Waals surface area (Å²) in [7, 11) is 0. The van der Waals surface area contributed by atoms with Crippen LogP contribution in [0.25, 0.3) is 0 Å². The fraction of sp³-hybridized carbons (Fsp3) is 0. The summed E-state index contributed by atoms with van der Waals surface area (Å²) in [5.41, 5.74) is 4.32. The van der Waals surface area contributed by atoms with E-state index in [-0.39, 0.29) is 5.78 Å². The Morgan fingerprint density at radius 1 is 0.656 bits per heavy atom. The number of rotatable bonds is 6. The van der Waals surface area contributed by atoms with E-state index < -0.39 is 0 Å². The molecule has 0 aromatic heterocycles. The van der Waals surface area contributed by atoms with Crippen molar-refractivity contribution < 1.29 is 4.79 Å². The van der Waals surface area contributed by atoms with Crippen molar-refractivity contribution in [2.24, 2.45) is 10.2 Å². The van der Waals surface area contributed by atoms with Crippen LogP contribution >= 0.6 is 31.9 Å². The van der Waals surface area contributed by atoms with E-state index >= 15 is 0 Å². The molecule has 0 amide bonds. The summed E-state index contributed by atoms with van der Waals surface area (Å²) in [6.45, 7) is 0. The molecule has 0 unspecified atom stereocenters. The smallest absolute Gasteiger partial charge is 0.193 e. The van der Waals surface area contributed by atoms with Crippen molar-refractivity contribution in [3.63, 3.8) is 0 Å². The highest BCUT2D eigenvalue weighted by Crippen LogP contribution is 2.24. The number of hydrogen-bond acceptors (Lipinski definition) is 3. The average Bonchev–Trinajstić information content (AvgIpc) is 2.83. The van der Waals surface area contributed by atoms with Crippen molar-refractivity contribution in [3.8, 4) is 0 Å². The van der Waals surface area contributed by atoms with Crippen LogP contribution in [0.4, 0.5) is 0 Å². The minimum absolute atomic E-state index is 0.0649. The van der Waals surface area contributed by atoms with Crippen molar-refractivity contribution in [2.45, 2.75) is 0 Å². The molecule has 0 bridgehead atoms. The fourth-order valence-electron chi connectivity index (χ4n) is 3.22. The number of nitrogens with zero attached hydrogens (tertiary/aromatic N) is 2. The van der Waals surface area contributed by atoms with Crippen LogP contribution in [0.3, 0.4) is 0 Å². The van der Waals surface area contributed by atoms with E-state index in [0.717, 1.165) is 20.1 Å². The molecule has 0 N–H and O–H groups in total. The first-order chi connectivity index (χ1) is 15.6. The third kappa shape index (κ3) is 5.36. The highest BCUT2D eigenvalue weighted by molar-refractivity contribution is 9.10. The van der Waals surface area contributed by atoms with Gasteiger partial charge in [0.1, 0.15) is 5.71 Å². The predicted molar refractivity (Wildman–Crippen MR) is 138 cm³/mol. The summed E-state index contributed by atoms with van der Waals surface area (Å²) >= 11 is 7.03. The van der Waals surface area contributed by atoms with E-state index in [1.807, 2.05) is 103 Å². The van der Waals surface area contributed by atoms with Crippen LogP contribution in [-0.4, -0.2) is 17.7 Å². The van der Waals surface area contributed by atoms with Crippen LogP contribution in [0.5, 0.6) is 0 Å². The van der Waals surface area contributed by atoms with Gasteiger partial charge in [-0.1, -0.05) is 105 Å². The second-order valence-electron chi connectivity index (χ2n) is 7.00. The number of benzene rings is 4. The molecule has 0 saturated carbocycles. The minimum atomic E-state index is -0.0649. The normalized spacial score (nSPS) is 11.6. The average molecular weight is 546 g/mol. The van der Waals surface area contributed by atoms with Crippen LogP contribution in [0.1, 0.15) is 32.6 Å². The van der Waals surface area contributed by atoms with E-state index in [4.69, 9.17) is 0 Å². The molecule has 0 saturated heterocycles. The molecule has 3 nitrogen and oxygen atoms in total. The predicted octanol–water partition coefficient (Wildman–Crippen LogP) is 7.31. The van der Waals surface area contributed by atoms with Crippen molar-refractivity contribution in [1.82, 2.24) is 0 Å². The first-order valence-electron chi connectivity index (χ1n) is 9.93. The van der Waals surface area contributed by atoms with Gasteiger partial charge in [0.15, 0.2) is 5.78 Å². The van der Waals surface area contributed by atoms with Crippen LogP contribution < -0.4 is 0 Å². The molecular weight excluding hydrogens is 528 g/mol. The van der Waals surface area contributed by atoms with E-state index in [1.54, 1.807) is 6.21 Å². The van der Waals surface area contributed by atoms with Gasteiger partial charge in [-0.3, -0.25) is 4.79 Å². The molecule has 4 aromatic rings. The quantitative estimate of drug-likeness (QED) is 0.142. The zero-order valence-electron chi connectivity index (χ0n) is 17.0. The second-order valence-corrected chi connectivity index (χ2v) is 8.83. The van der Waals surface area contributed by atoms with Gasteiger partial charge in [0.25, 0.3) is 0 Å². The lowest BCUT2D eigenvalue weighted by Gasteiger charge is -2.12. The highest BCUT2D eigenvalue weighted by atomic mass is 79.9. The topological polar surface area (TPSA) is 41.8 Å². The first-order valence-corrected chi connectivity index (χ1v) is 11.5. The van der Waals surface area contributed by atoms with Crippen molar-refractivity contribution in [3.05, 3.63) is 140 Å². The maximum Gasteiger partial charge on any atom is 0.193 e. The Balaban J connectivity index is 1.85. The lowest BCUT2D eigenvalue weighted by Crippen LogP contribution is -2.12. The van der Waals surface area contributed by atoms with E-state index in [2.05, 4.69) is 42.1 Å². The van der Waals surface area contributed by atoms with E-state index in [9.17, 15) is 4.79 Å². The molecule has 0 aliphatic heterocycles. The fourth-order valence-corrected chi connectivity index (χ4v) is 3.85. The van der Waals surface area contributed by atoms with Crippen LogP contribution in [0.15, 0.2) is 122 Å². The van der Waals surface area contributed by atoms with Gasteiger partial charge in [-0.15, -0.1) is 5.10 Å². The Kier molecular flexibility index (Phi) is 7.20. The SMILES string of the molecule is O=C(c1ccccc1)c1ccc(Br)cc1/C(=N/N=C/c1ccccc1)c1ccc(Br)cc1. The Labute approximate surface area is 203 Å². The summed E-state index contributed by atoms with van der Waals surface area (Å²) in [4.78, 5) is 13.3. The number of ketones is 1. The number of carbonyl (C=O) groups excluding carboxylic acids is 1. The Hall–Kier alpha value is -3.15. The highest BCUT2D eigenvalue weighted by Gasteiger charge is 2.19. The molecule has 0 radical (unpaired) electrons. The second kappa shape index (κ2) is 10.4. The van der Waals surface area contributed by atoms with Gasteiger partial charge in [0.05, 0.1) is 6.21 Å². The molecule has 0 spiro atoms. The van der Waals surface area contributed by atoms with Crippen molar-refractivity contribution in [2.75, 3.05) is 0 Å². The summed E-state index contributed by atoms with van der Waals surface area (Å²) < 4.78 is 1.82. The summed E-state index contributed by atoms with van der Waals surface area (Å²) in [6.07, 6.45) is 1.70. The van der Waals surface area contributed by atoms with Gasteiger partial charge < -0.3 is 0 Å². The Morgan fingerprint density at radius 3 is 1.97 bits per heavy atom. The molecule has 5 heteroatoms. The number of halogens is 2. The monoisotopic (exact) mass is 544 g/mol. The third-order valence-corrected chi connectivity index (χ3v) is 5.82. The zero-order valence-corrected chi connectivity index (χ0v) is 20.1. The maximum atomic E-state index is 13.3. The number of carbonyl (C=O) groups is 1. The third-order valence-electron chi connectivity index (χ3n) is 4.80. The maximum absolute atomic E-state index is 13.3. The van der Waals surface area contributed by atoms with Crippen LogP contribution in [-0.2, 0) is 0 Å². The van der Waals surface area contributed by atoms with Crippen molar-refractivity contribution >= 4 is 49.6 Å². The minimum Gasteiger partial charge on any atom is -0.289 e. The lowest BCUT2D eigenvalue weighted by atomic mass is 9.93. The van der Waals surface area contributed by atoms with E-state index in [0.29, 0.717) is 22.4 Å². The summed E-state index contributed by atoms with van der Waals surface area (Å²) in [6, 6.07) is 32.4. The van der Waals surface area contributed by atoms with Gasteiger partial charge in [0.2, 0.25) is 0 Å². The van der Waals surface area contributed by atoms with Gasteiger partial charge >= 0.3 is 0 Å². The van der Waals surface area contributed by atoms with Crippen LogP contribution in [0, 0.1) is 0 Å². The first kappa shape index (κ1) is 22.1. The molecule has 32 heavy (non-hydrogen) atoms. The molecule has 0 aliphatic carbocycles. The molecule has 0 aliphatic rings. The largest absolute Gasteiger partial charge is 0.289 e.